The van der Waals surface area contributed by atoms with Gasteiger partial charge in [0.1, 0.15) is 11.6 Å². The minimum absolute atomic E-state index is 0.0883. The number of phenols is 1. The van der Waals surface area contributed by atoms with Gasteiger partial charge in [0.05, 0.1) is 0 Å². The van der Waals surface area contributed by atoms with E-state index in [0.717, 1.165) is 30.4 Å². The lowest BCUT2D eigenvalue weighted by molar-refractivity contribution is 0.268. The van der Waals surface area contributed by atoms with Gasteiger partial charge in [-0.3, -0.25) is 0 Å². The standard InChI is InChI=1S/C18H24FNO/c1-3-4-7-11-10-14(19)15-12-8-5-6-9-13(12)17(20-2)16(15)18(11)21/h3-4,10,12-13,17,20-21H,5-9H2,1-2H3. The van der Waals surface area contributed by atoms with Crippen LogP contribution in [0.2, 0.25) is 0 Å². The first kappa shape index (κ1) is 14.6. The van der Waals surface area contributed by atoms with E-state index in [1.54, 1.807) is 0 Å². The molecule has 2 N–H and O–H groups in total. The zero-order valence-electron chi connectivity index (χ0n) is 12.8. The fourth-order valence-electron chi connectivity index (χ4n) is 4.31. The van der Waals surface area contributed by atoms with Gasteiger partial charge in [0.2, 0.25) is 0 Å². The molecule has 1 aromatic rings. The van der Waals surface area contributed by atoms with E-state index in [-0.39, 0.29) is 17.8 Å². The third kappa shape index (κ3) is 2.28. The van der Waals surface area contributed by atoms with Gasteiger partial charge in [-0.2, -0.15) is 0 Å². The first-order valence-electron chi connectivity index (χ1n) is 8.01. The third-order valence-electron chi connectivity index (χ3n) is 5.22. The predicted octanol–water partition coefficient (Wildman–Crippen LogP) is 4.20. The van der Waals surface area contributed by atoms with Gasteiger partial charge >= 0.3 is 0 Å². The number of benzene rings is 1. The van der Waals surface area contributed by atoms with Crippen LogP contribution in [0.15, 0.2) is 18.2 Å². The molecule has 114 valence electrons. The van der Waals surface area contributed by atoms with Crippen molar-refractivity contribution in [2.75, 3.05) is 7.05 Å². The zero-order chi connectivity index (χ0) is 15.0. The molecule has 3 rings (SSSR count). The Kier molecular flexibility index (Phi) is 4.03. The molecule has 0 aromatic heterocycles. The Morgan fingerprint density at radius 1 is 1.33 bits per heavy atom. The number of rotatable bonds is 3. The average Bonchev–Trinajstić information content (AvgIpc) is 2.84. The third-order valence-corrected chi connectivity index (χ3v) is 5.22. The lowest BCUT2D eigenvalue weighted by Gasteiger charge is -2.29. The molecule has 0 bridgehead atoms. The molecule has 0 spiro atoms. The summed E-state index contributed by atoms with van der Waals surface area (Å²) in [7, 11) is 1.92. The molecule has 1 aromatic carbocycles. The van der Waals surface area contributed by atoms with E-state index >= 15 is 0 Å². The highest BCUT2D eigenvalue weighted by atomic mass is 19.1. The van der Waals surface area contributed by atoms with Crippen molar-refractivity contribution in [2.24, 2.45) is 5.92 Å². The van der Waals surface area contributed by atoms with Crippen molar-refractivity contribution in [1.82, 2.24) is 5.32 Å². The summed E-state index contributed by atoms with van der Waals surface area (Å²) < 4.78 is 14.7. The minimum Gasteiger partial charge on any atom is -0.507 e. The van der Waals surface area contributed by atoms with Gasteiger partial charge in [0, 0.05) is 17.2 Å². The molecule has 1 saturated carbocycles. The van der Waals surface area contributed by atoms with Crippen LogP contribution < -0.4 is 5.32 Å². The van der Waals surface area contributed by atoms with Crippen molar-refractivity contribution >= 4 is 0 Å². The Balaban J connectivity index is 2.12. The van der Waals surface area contributed by atoms with Crippen molar-refractivity contribution < 1.29 is 9.50 Å². The van der Waals surface area contributed by atoms with E-state index in [0.29, 0.717) is 23.7 Å². The molecule has 3 heteroatoms. The van der Waals surface area contributed by atoms with Crippen molar-refractivity contribution in [3.8, 4) is 5.75 Å². The average molecular weight is 289 g/mol. The largest absolute Gasteiger partial charge is 0.507 e. The second kappa shape index (κ2) is 5.80. The summed E-state index contributed by atoms with van der Waals surface area (Å²) in [6.45, 7) is 1.94. The molecule has 21 heavy (non-hydrogen) atoms. The van der Waals surface area contributed by atoms with E-state index in [9.17, 15) is 9.50 Å². The second-order valence-corrected chi connectivity index (χ2v) is 6.29. The number of halogens is 1. The molecule has 0 radical (unpaired) electrons. The molecule has 2 aliphatic rings. The second-order valence-electron chi connectivity index (χ2n) is 6.29. The highest BCUT2D eigenvalue weighted by molar-refractivity contribution is 5.54. The van der Waals surface area contributed by atoms with Gasteiger partial charge < -0.3 is 10.4 Å². The highest BCUT2D eigenvalue weighted by Gasteiger charge is 2.44. The van der Waals surface area contributed by atoms with Crippen LogP contribution in [0.1, 0.15) is 61.3 Å². The van der Waals surface area contributed by atoms with Crippen LogP contribution in [0.4, 0.5) is 4.39 Å². The van der Waals surface area contributed by atoms with Crippen molar-refractivity contribution in [1.29, 1.82) is 0 Å². The number of allylic oxidation sites excluding steroid dienone is 2. The molecule has 0 heterocycles. The summed E-state index contributed by atoms with van der Waals surface area (Å²) in [5.41, 5.74) is 2.30. The van der Waals surface area contributed by atoms with Gasteiger partial charge in [0.25, 0.3) is 0 Å². The van der Waals surface area contributed by atoms with E-state index < -0.39 is 0 Å². The summed E-state index contributed by atoms with van der Waals surface area (Å²) in [6.07, 6.45) is 9.00. The number of hydrogen-bond acceptors (Lipinski definition) is 2. The molecular formula is C18H24FNO. The molecule has 3 unspecified atom stereocenters. The quantitative estimate of drug-likeness (QED) is 0.817. The SMILES string of the molecule is CC=CCc1cc(F)c2c(c1O)C(NC)C1CCCCC21. The summed E-state index contributed by atoms with van der Waals surface area (Å²) in [6, 6.07) is 1.63. The van der Waals surface area contributed by atoms with E-state index in [4.69, 9.17) is 0 Å². The van der Waals surface area contributed by atoms with Crippen LogP contribution in [-0.4, -0.2) is 12.2 Å². The summed E-state index contributed by atoms with van der Waals surface area (Å²) in [5.74, 6) is 0.874. The Bertz CT molecular complexity index is 567. The molecule has 2 aliphatic carbocycles. The molecule has 1 fully saturated rings. The molecule has 0 saturated heterocycles. The Hall–Kier alpha value is -1.35. The molecule has 3 atom stereocenters. The Morgan fingerprint density at radius 3 is 2.81 bits per heavy atom. The summed E-state index contributed by atoms with van der Waals surface area (Å²) >= 11 is 0. The maximum Gasteiger partial charge on any atom is 0.127 e. The first-order chi connectivity index (χ1) is 10.2. The smallest absolute Gasteiger partial charge is 0.127 e. The minimum atomic E-state index is -0.128. The van der Waals surface area contributed by atoms with E-state index in [1.807, 2.05) is 26.1 Å². The lowest BCUT2D eigenvalue weighted by Crippen LogP contribution is -2.25. The van der Waals surface area contributed by atoms with Crippen LogP contribution in [0.3, 0.4) is 0 Å². The van der Waals surface area contributed by atoms with Gasteiger partial charge in [0.15, 0.2) is 0 Å². The fraction of sp³-hybridized carbons (Fsp3) is 0.556. The van der Waals surface area contributed by atoms with Crippen LogP contribution in [-0.2, 0) is 6.42 Å². The maximum atomic E-state index is 14.7. The van der Waals surface area contributed by atoms with Gasteiger partial charge in [-0.1, -0.05) is 25.0 Å². The lowest BCUT2D eigenvalue weighted by atomic mass is 9.78. The number of aromatic hydroxyl groups is 1. The number of phenolic OH excluding ortho intramolecular Hbond substituents is 1. The van der Waals surface area contributed by atoms with Crippen molar-refractivity contribution in [3.05, 3.63) is 40.7 Å². The zero-order valence-corrected chi connectivity index (χ0v) is 12.8. The van der Waals surface area contributed by atoms with E-state index in [1.165, 1.54) is 12.5 Å². The Labute approximate surface area is 126 Å². The fourth-order valence-corrected chi connectivity index (χ4v) is 4.31. The van der Waals surface area contributed by atoms with Gasteiger partial charge in [-0.15, -0.1) is 0 Å². The topological polar surface area (TPSA) is 32.3 Å². The summed E-state index contributed by atoms with van der Waals surface area (Å²) in [5, 5.41) is 14.0. The van der Waals surface area contributed by atoms with Gasteiger partial charge in [-0.25, -0.2) is 4.39 Å². The van der Waals surface area contributed by atoms with Crippen molar-refractivity contribution in [3.63, 3.8) is 0 Å². The van der Waals surface area contributed by atoms with Crippen LogP contribution in [0.25, 0.3) is 0 Å². The monoisotopic (exact) mass is 289 g/mol. The molecule has 0 aliphatic heterocycles. The highest BCUT2D eigenvalue weighted by Crippen LogP contribution is 2.55. The number of fused-ring (bicyclic) bond motifs is 3. The van der Waals surface area contributed by atoms with Crippen LogP contribution in [0.5, 0.6) is 5.75 Å². The first-order valence-corrected chi connectivity index (χ1v) is 8.01. The van der Waals surface area contributed by atoms with Crippen molar-refractivity contribution in [2.45, 2.75) is 51.0 Å². The molecular weight excluding hydrogens is 265 g/mol. The normalized spacial score (nSPS) is 27.9. The van der Waals surface area contributed by atoms with E-state index in [2.05, 4.69) is 5.32 Å². The maximum absolute atomic E-state index is 14.7. The number of hydrogen-bond donors (Lipinski definition) is 2. The molecule has 0 amide bonds. The van der Waals surface area contributed by atoms with Crippen LogP contribution in [0, 0.1) is 11.7 Å². The number of nitrogens with one attached hydrogen (secondary N) is 1. The predicted molar refractivity (Wildman–Crippen MR) is 83.1 cm³/mol. The van der Waals surface area contributed by atoms with Gasteiger partial charge in [-0.05, 0) is 56.7 Å². The van der Waals surface area contributed by atoms with Crippen LogP contribution >= 0.6 is 0 Å². The Morgan fingerprint density at radius 2 is 2.10 bits per heavy atom. The summed E-state index contributed by atoms with van der Waals surface area (Å²) in [4.78, 5) is 0. The molecule has 2 nitrogen and oxygen atoms in total.